The Morgan fingerprint density at radius 1 is 1.38 bits per heavy atom. The van der Waals surface area contributed by atoms with E-state index in [-0.39, 0.29) is 24.2 Å². The Morgan fingerprint density at radius 2 is 1.92 bits per heavy atom. The monoisotopic (exact) mass is 205 g/mol. The largest absolute Gasteiger partial charge is 0.462 e. The number of carbonyl (C=O) groups excluding carboxylic acids is 1. The Bertz CT molecular complexity index is 160. The number of esters is 1. The smallest absolute Gasteiger partial charge is 0.324 e. The summed E-state index contributed by atoms with van der Waals surface area (Å²) in [6.45, 7) is 7.64. The topological polar surface area (TPSA) is 38.3 Å². The lowest BCUT2D eigenvalue weighted by Crippen LogP contribution is -2.43. The lowest BCUT2D eigenvalue weighted by Gasteiger charge is -2.19. The zero-order valence-corrected chi connectivity index (χ0v) is 9.60. The van der Waals surface area contributed by atoms with Crippen LogP contribution in [0, 0.1) is 0 Å². The van der Waals surface area contributed by atoms with E-state index in [0.717, 1.165) is 0 Å². The van der Waals surface area contributed by atoms with Gasteiger partial charge in [-0.15, -0.1) is 0 Å². The summed E-state index contributed by atoms with van der Waals surface area (Å²) >= 11 is 4.09. The number of rotatable bonds is 5. The van der Waals surface area contributed by atoms with Gasteiger partial charge in [0.25, 0.3) is 0 Å². The van der Waals surface area contributed by atoms with Gasteiger partial charge >= 0.3 is 5.97 Å². The van der Waals surface area contributed by atoms with E-state index in [1.165, 1.54) is 0 Å². The SMILES string of the molecule is CC(C)NC(CS)C(=O)OC(C)C. The summed E-state index contributed by atoms with van der Waals surface area (Å²) in [5, 5.41) is 3.08. The molecule has 0 bridgehead atoms. The zero-order valence-electron chi connectivity index (χ0n) is 8.70. The number of carbonyl (C=O) groups is 1. The van der Waals surface area contributed by atoms with Crippen LogP contribution in [0.15, 0.2) is 0 Å². The van der Waals surface area contributed by atoms with Crippen molar-refractivity contribution in [2.75, 3.05) is 5.75 Å². The molecule has 13 heavy (non-hydrogen) atoms. The molecule has 0 saturated heterocycles. The second-order valence-corrected chi connectivity index (χ2v) is 3.91. The molecule has 0 spiro atoms. The van der Waals surface area contributed by atoms with Crippen molar-refractivity contribution in [3.05, 3.63) is 0 Å². The molecule has 0 rings (SSSR count). The highest BCUT2D eigenvalue weighted by Crippen LogP contribution is 1.98. The van der Waals surface area contributed by atoms with Gasteiger partial charge in [0, 0.05) is 11.8 Å². The first-order valence-electron chi connectivity index (χ1n) is 4.54. The summed E-state index contributed by atoms with van der Waals surface area (Å²) in [4.78, 5) is 11.4. The van der Waals surface area contributed by atoms with E-state index in [1.54, 1.807) is 0 Å². The quantitative estimate of drug-likeness (QED) is 0.524. The molecule has 0 radical (unpaired) electrons. The van der Waals surface area contributed by atoms with Gasteiger partial charge in [0.05, 0.1) is 6.10 Å². The molecule has 0 aromatic rings. The maximum atomic E-state index is 11.4. The van der Waals surface area contributed by atoms with Crippen LogP contribution in [0.2, 0.25) is 0 Å². The van der Waals surface area contributed by atoms with Crippen molar-refractivity contribution >= 4 is 18.6 Å². The van der Waals surface area contributed by atoms with Gasteiger partial charge in [-0.05, 0) is 13.8 Å². The molecule has 0 fully saturated rings. The molecule has 0 heterocycles. The van der Waals surface area contributed by atoms with Crippen LogP contribution in [-0.2, 0) is 9.53 Å². The van der Waals surface area contributed by atoms with Crippen LogP contribution in [0.5, 0.6) is 0 Å². The van der Waals surface area contributed by atoms with Crippen LogP contribution in [0.1, 0.15) is 27.7 Å². The Hall–Kier alpha value is -0.220. The standard InChI is InChI=1S/C9H19NO2S/c1-6(2)10-8(5-13)9(11)12-7(3)4/h6-8,10,13H,5H2,1-4H3. The third-order valence-corrected chi connectivity index (χ3v) is 1.72. The van der Waals surface area contributed by atoms with Gasteiger partial charge in [0.15, 0.2) is 0 Å². The van der Waals surface area contributed by atoms with Crippen molar-refractivity contribution in [1.29, 1.82) is 0 Å². The van der Waals surface area contributed by atoms with Gasteiger partial charge in [0.2, 0.25) is 0 Å². The minimum atomic E-state index is -0.300. The summed E-state index contributed by atoms with van der Waals surface area (Å²) < 4.78 is 5.05. The number of ether oxygens (including phenoxy) is 1. The van der Waals surface area contributed by atoms with E-state index in [2.05, 4.69) is 17.9 Å². The van der Waals surface area contributed by atoms with Crippen molar-refractivity contribution < 1.29 is 9.53 Å². The predicted octanol–water partition coefficient (Wildman–Crippen LogP) is 1.23. The van der Waals surface area contributed by atoms with Crippen LogP contribution < -0.4 is 5.32 Å². The fourth-order valence-electron chi connectivity index (χ4n) is 0.912. The van der Waals surface area contributed by atoms with Gasteiger partial charge in [0.1, 0.15) is 6.04 Å². The van der Waals surface area contributed by atoms with Crippen molar-refractivity contribution in [3.63, 3.8) is 0 Å². The van der Waals surface area contributed by atoms with Crippen LogP contribution in [0.3, 0.4) is 0 Å². The van der Waals surface area contributed by atoms with E-state index >= 15 is 0 Å². The van der Waals surface area contributed by atoms with E-state index in [4.69, 9.17) is 4.74 Å². The predicted molar refractivity (Wildman–Crippen MR) is 57.1 cm³/mol. The molecule has 0 aliphatic rings. The first kappa shape index (κ1) is 12.8. The van der Waals surface area contributed by atoms with Gasteiger partial charge in [-0.2, -0.15) is 12.6 Å². The highest BCUT2D eigenvalue weighted by molar-refractivity contribution is 7.80. The highest BCUT2D eigenvalue weighted by atomic mass is 32.1. The van der Waals surface area contributed by atoms with Crippen molar-refractivity contribution in [2.24, 2.45) is 0 Å². The van der Waals surface area contributed by atoms with E-state index in [9.17, 15) is 4.79 Å². The van der Waals surface area contributed by atoms with Crippen LogP contribution in [0.25, 0.3) is 0 Å². The summed E-state index contributed by atoms with van der Waals surface area (Å²) in [7, 11) is 0. The molecule has 1 unspecified atom stereocenters. The van der Waals surface area contributed by atoms with Crippen molar-refractivity contribution in [3.8, 4) is 0 Å². The maximum absolute atomic E-state index is 11.4. The number of hydrogen-bond donors (Lipinski definition) is 2. The normalized spacial score (nSPS) is 13.5. The zero-order chi connectivity index (χ0) is 10.4. The average molecular weight is 205 g/mol. The molecule has 0 aliphatic carbocycles. The Labute approximate surface area is 85.6 Å². The van der Waals surface area contributed by atoms with Crippen LogP contribution in [0.4, 0.5) is 0 Å². The molecule has 0 aromatic carbocycles. The third kappa shape index (κ3) is 5.93. The molecular weight excluding hydrogens is 186 g/mol. The molecule has 0 amide bonds. The third-order valence-electron chi connectivity index (χ3n) is 1.35. The van der Waals surface area contributed by atoms with Crippen LogP contribution in [-0.4, -0.2) is 29.9 Å². The fourth-order valence-corrected chi connectivity index (χ4v) is 1.17. The Morgan fingerprint density at radius 3 is 2.23 bits per heavy atom. The van der Waals surface area contributed by atoms with Gasteiger partial charge in [-0.1, -0.05) is 13.8 Å². The molecule has 0 aliphatic heterocycles. The summed E-state index contributed by atoms with van der Waals surface area (Å²) in [5.41, 5.74) is 0. The lowest BCUT2D eigenvalue weighted by atomic mass is 10.3. The minimum absolute atomic E-state index is 0.0659. The number of nitrogens with one attached hydrogen (secondary N) is 1. The molecule has 1 N–H and O–H groups in total. The first-order chi connectivity index (χ1) is 5.97. The highest BCUT2D eigenvalue weighted by Gasteiger charge is 2.19. The first-order valence-corrected chi connectivity index (χ1v) is 5.18. The average Bonchev–Trinajstić information content (AvgIpc) is 1.98. The molecule has 0 aromatic heterocycles. The number of hydrogen-bond acceptors (Lipinski definition) is 4. The molecule has 78 valence electrons. The van der Waals surface area contributed by atoms with Gasteiger partial charge < -0.3 is 10.1 Å². The van der Waals surface area contributed by atoms with E-state index < -0.39 is 0 Å². The summed E-state index contributed by atoms with van der Waals surface area (Å²) in [5.74, 6) is 0.239. The Kier molecular flexibility index (Phi) is 6.16. The minimum Gasteiger partial charge on any atom is -0.462 e. The second kappa shape index (κ2) is 6.27. The molecule has 1 atom stereocenters. The maximum Gasteiger partial charge on any atom is 0.324 e. The van der Waals surface area contributed by atoms with Gasteiger partial charge in [-0.25, -0.2) is 0 Å². The molecule has 0 saturated carbocycles. The Balaban J connectivity index is 3.99. The fraction of sp³-hybridized carbons (Fsp3) is 0.889. The van der Waals surface area contributed by atoms with Crippen molar-refractivity contribution in [2.45, 2.75) is 45.9 Å². The summed E-state index contributed by atoms with van der Waals surface area (Å²) in [6.07, 6.45) is -0.0659. The lowest BCUT2D eigenvalue weighted by molar-refractivity contribution is -0.149. The molecule has 4 heteroatoms. The van der Waals surface area contributed by atoms with Gasteiger partial charge in [-0.3, -0.25) is 4.79 Å². The van der Waals surface area contributed by atoms with Crippen LogP contribution >= 0.6 is 12.6 Å². The molecule has 3 nitrogen and oxygen atoms in total. The second-order valence-electron chi connectivity index (χ2n) is 3.54. The van der Waals surface area contributed by atoms with E-state index in [1.807, 2.05) is 27.7 Å². The van der Waals surface area contributed by atoms with Crippen molar-refractivity contribution in [1.82, 2.24) is 5.32 Å². The molecular formula is C9H19NO2S. The summed E-state index contributed by atoms with van der Waals surface area (Å²) in [6, 6.07) is -0.0393. The number of thiol groups is 1. The van der Waals surface area contributed by atoms with E-state index in [0.29, 0.717) is 5.75 Å².